The lowest BCUT2D eigenvalue weighted by Crippen LogP contribution is -2.31. The van der Waals surface area contributed by atoms with Crippen molar-refractivity contribution in [2.45, 2.75) is 37.6 Å². The van der Waals surface area contributed by atoms with Crippen molar-refractivity contribution in [3.63, 3.8) is 0 Å². The number of fused-ring (bicyclic) bond motifs is 3. The van der Waals surface area contributed by atoms with Gasteiger partial charge in [0.25, 0.3) is 0 Å². The fourth-order valence-electron chi connectivity index (χ4n) is 5.23. The van der Waals surface area contributed by atoms with Crippen LogP contribution in [0.15, 0.2) is 30.6 Å². The summed E-state index contributed by atoms with van der Waals surface area (Å²) in [5, 5.41) is 20.6. The average Bonchev–Trinajstić information content (AvgIpc) is 3.56. The lowest BCUT2D eigenvalue weighted by atomic mass is 9.66. The Kier molecular flexibility index (Phi) is 6.24. The number of ether oxygens (including phenoxy) is 3. The molecule has 0 bridgehead atoms. The lowest BCUT2D eigenvalue weighted by molar-refractivity contribution is 0.107. The van der Waals surface area contributed by atoms with Crippen LogP contribution in [0.2, 0.25) is 0 Å². The minimum absolute atomic E-state index is 0.112. The molecule has 0 unspecified atom stereocenters. The predicted octanol–water partition coefficient (Wildman–Crippen LogP) is 3.99. The number of anilines is 3. The van der Waals surface area contributed by atoms with E-state index in [-0.39, 0.29) is 35.8 Å². The SMILES string of the molecule is COCCOC(=O)Nc1cc(Oc2cnc3nc(Nc4cc5n(n4)CCC54CCC4)n(C)c3c2C#N)ccn1. The Labute approximate surface area is 223 Å². The van der Waals surface area contributed by atoms with E-state index in [9.17, 15) is 10.1 Å². The number of carbonyl (C=O) groups is 1. The van der Waals surface area contributed by atoms with E-state index in [1.807, 2.05) is 7.05 Å². The van der Waals surface area contributed by atoms with Gasteiger partial charge in [-0.25, -0.2) is 14.8 Å². The summed E-state index contributed by atoms with van der Waals surface area (Å²) in [7, 11) is 3.33. The smallest absolute Gasteiger partial charge is 0.412 e. The molecule has 4 aromatic heterocycles. The van der Waals surface area contributed by atoms with Gasteiger partial charge in [-0.1, -0.05) is 6.42 Å². The largest absolute Gasteiger partial charge is 0.454 e. The standard InChI is InChI=1S/C26H27N9O4/c1-34-22-17(14-27)18(39-16-4-8-28-20(12-16)31-25(36)38-11-10-37-2)15-29-23(22)32-24(34)30-21-13-19-26(5-3-6-26)7-9-35(19)33-21/h4,8,12-13,15H,3,5-7,9-11H2,1-2H3,(H,28,31,36)(H,29,30,32,33). The molecule has 1 fully saturated rings. The van der Waals surface area contributed by atoms with Gasteiger partial charge >= 0.3 is 6.09 Å². The first-order chi connectivity index (χ1) is 19.0. The van der Waals surface area contributed by atoms with Crippen LogP contribution in [-0.4, -0.2) is 55.7 Å². The highest BCUT2D eigenvalue weighted by molar-refractivity contribution is 5.85. The summed E-state index contributed by atoms with van der Waals surface area (Å²) in [6.45, 7) is 1.33. The predicted molar refractivity (Wildman–Crippen MR) is 140 cm³/mol. The second-order valence-corrected chi connectivity index (χ2v) is 9.66. The van der Waals surface area contributed by atoms with Crippen molar-refractivity contribution >= 4 is 34.8 Å². The fraction of sp³-hybridized carbons (Fsp3) is 0.385. The van der Waals surface area contributed by atoms with Crippen molar-refractivity contribution in [1.29, 1.82) is 5.26 Å². The van der Waals surface area contributed by atoms with Crippen LogP contribution in [0.25, 0.3) is 11.2 Å². The molecule has 200 valence electrons. The van der Waals surface area contributed by atoms with Gasteiger partial charge in [0.2, 0.25) is 5.95 Å². The zero-order valence-corrected chi connectivity index (χ0v) is 21.6. The van der Waals surface area contributed by atoms with E-state index >= 15 is 0 Å². The third-order valence-electron chi connectivity index (χ3n) is 7.36. The normalized spacial score (nSPS) is 15.0. The first kappa shape index (κ1) is 24.6. The number of rotatable bonds is 8. The third kappa shape index (κ3) is 4.48. The van der Waals surface area contributed by atoms with Crippen LogP contribution in [0.5, 0.6) is 11.5 Å². The van der Waals surface area contributed by atoms with E-state index in [4.69, 9.17) is 19.3 Å². The van der Waals surface area contributed by atoms with Crippen LogP contribution in [0.4, 0.5) is 22.4 Å². The van der Waals surface area contributed by atoms with Gasteiger partial charge in [0.15, 0.2) is 17.2 Å². The quantitative estimate of drug-likeness (QED) is 0.320. The van der Waals surface area contributed by atoms with Gasteiger partial charge in [-0.05, 0) is 25.3 Å². The number of nitrogens with one attached hydrogen (secondary N) is 2. The number of aromatic nitrogens is 6. The lowest BCUT2D eigenvalue weighted by Gasteiger charge is -2.37. The molecule has 1 aliphatic carbocycles. The molecule has 2 N–H and O–H groups in total. The Morgan fingerprint density at radius 1 is 1.21 bits per heavy atom. The number of amides is 1. The van der Waals surface area contributed by atoms with E-state index in [0.29, 0.717) is 22.9 Å². The van der Waals surface area contributed by atoms with Gasteiger partial charge in [-0.2, -0.15) is 15.3 Å². The van der Waals surface area contributed by atoms with Crippen molar-refractivity contribution in [3.05, 3.63) is 41.9 Å². The number of nitrogens with zero attached hydrogens (tertiary/aromatic N) is 7. The zero-order valence-electron chi connectivity index (χ0n) is 21.6. The minimum atomic E-state index is -0.668. The summed E-state index contributed by atoms with van der Waals surface area (Å²) in [5.74, 6) is 2.07. The molecule has 1 aliphatic heterocycles. The molecule has 0 radical (unpaired) electrons. The molecule has 0 atom stereocenters. The number of nitriles is 1. The fourth-order valence-corrected chi connectivity index (χ4v) is 5.23. The monoisotopic (exact) mass is 529 g/mol. The van der Waals surface area contributed by atoms with E-state index in [1.54, 1.807) is 10.6 Å². The maximum Gasteiger partial charge on any atom is 0.412 e. The molecule has 39 heavy (non-hydrogen) atoms. The van der Waals surface area contributed by atoms with Crippen molar-refractivity contribution < 1.29 is 19.0 Å². The maximum atomic E-state index is 11.9. The molecule has 0 saturated heterocycles. The first-order valence-electron chi connectivity index (χ1n) is 12.7. The van der Waals surface area contributed by atoms with Gasteiger partial charge in [0.1, 0.15) is 35.3 Å². The Balaban J connectivity index is 1.23. The van der Waals surface area contributed by atoms with Gasteiger partial charge < -0.3 is 24.1 Å². The molecule has 1 amide bonds. The first-order valence-corrected chi connectivity index (χ1v) is 12.7. The number of carbonyl (C=O) groups excluding carboxylic acids is 1. The summed E-state index contributed by atoms with van der Waals surface area (Å²) in [4.78, 5) is 25.0. The number of imidazole rings is 1. The summed E-state index contributed by atoms with van der Waals surface area (Å²) >= 11 is 0. The second kappa shape index (κ2) is 9.88. The highest BCUT2D eigenvalue weighted by atomic mass is 16.6. The number of hydrogen-bond donors (Lipinski definition) is 2. The second-order valence-electron chi connectivity index (χ2n) is 9.66. The molecule has 2 aliphatic rings. The van der Waals surface area contributed by atoms with Gasteiger partial charge in [-0.3, -0.25) is 10.00 Å². The Bertz CT molecular complexity index is 1600. The molecular weight excluding hydrogens is 502 g/mol. The molecule has 5 heterocycles. The Morgan fingerprint density at radius 3 is 2.85 bits per heavy atom. The molecular formula is C26H27N9O4. The number of hydrogen-bond acceptors (Lipinski definition) is 10. The van der Waals surface area contributed by atoms with Crippen molar-refractivity contribution in [2.24, 2.45) is 7.05 Å². The van der Waals surface area contributed by atoms with E-state index in [0.717, 1.165) is 18.8 Å². The highest BCUT2D eigenvalue weighted by Gasteiger charge is 2.45. The third-order valence-corrected chi connectivity index (χ3v) is 7.36. The van der Waals surface area contributed by atoms with E-state index in [2.05, 4.69) is 42.4 Å². The molecule has 4 aromatic rings. The van der Waals surface area contributed by atoms with Crippen LogP contribution in [0, 0.1) is 11.3 Å². The molecule has 13 heteroatoms. The van der Waals surface area contributed by atoms with Gasteiger partial charge in [0.05, 0.1) is 12.8 Å². The van der Waals surface area contributed by atoms with E-state index in [1.165, 1.54) is 50.5 Å². The molecule has 0 aromatic carbocycles. The minimum Gasteiger partial charge on any atom is -0.454 e. The van der Waals surface area contributed by atoms with Crippen LogP contribution < -0.4 is 15.4 Å². The Morgan fingerprint density at radius 2 is 2.08 bits per heavy atom. The summed E-state index contributed by atoms with van der Waals surface area (Å²) in [5.41, 5.74) is 2.77. The van der Waals surface area contributed by atoms with Crippen molar-refractivity contribution in [1.82, 2.24) is 29.3 Å². The van der Waals surface area contributed by atoms with Crippen molar-refractivity contribution in [2.75, 3.05) is 31.0 Å². The van der Waals surface area contributed by atoms with E-state index < -0.39 is 6.09 Å². The summed E-state index contributed by atoms with van der Waals surface area (Å²) in [6.07, 6.45) is 7.12. The van der Waals surface area contributed by atoms with Crippen molar-refractivity contribution in [3.8, 4) is 17.6 Å². The van der Waals surface area contributed by atoms with Gasteiger partial charge in [-0.15, -0.1) is 0 Å². The van der Waals surface area contributed by atoms with Gasteiger partial charge in [0, 0.05) is 50.1 Å². The zero-order chi connectivity index (χ0) is 27.0. The maximum absolute atomic E-state index is 11.9. The number of methoxy groups -OCH3 is 1. The summed E-state index contributed by atoms with van der Waals surface area (Å²) in [6, 6.07) is 7.46. The molecule has 1 spiro atoms. The highest BCUT2D eigenvalue weighted by Crippen LogP contribution is 2.50. The van der Waals surface area contributed by atoms with Crippen LogP contribution in [-0.2, 0) is 28.5 Å². The Hall–Kier alpha value is -4.70. The molecule has 1 saturated carbocycles. The molecule has 13 nitrogen and oxygen atoms in total. The van der Waals surface area contributed by atoms with Crippen LogP contribution in [0.3, 0.4) is 0 Å². The summed E-state index contributed by atoms with van der Waals surface area (Å²) < 4.78 is 19.7. The average molecular weight is 530 g/mol. The van der Waals surface area contributed by atoms with Crippen LogP contribution >= 0.6 is 0 Å². The number of pyridine rings is 2. The van der Waals surface area contributed by atoms with Crippen LogP contribution in [0.1, 0.15) is 36.9 Å². The topological polar surface area (TPSA) is 154 Å². The number of aryl methyl sites for hydroxylation is 2. The molecule has 6 rings (SSSR count).